The number of carbonyl (C=O) groups excluding carboxylic acids is 14. The predicted octanol–water partition coefficient (Wildman–Crippen LogP) is -9.40. The number of aliphatic carboxylic acids is 5. The number of hydrogen-bond donors (Lipinski definition) is 24. The Morgan fingerprint density at radius 3 is 1.50 bits per heavy atom. The Morgan fingerprint density at radius 2 is 0.952 bits per heavy atom. The Labute approximate surface area is 594 Å². The van der Waals surface area contributed by atoms with Gasteiger partial charge in [0.25, 0.3) is 0 Å². The Kier molecular flexibility index (Phi) is 35.0. The molecule has 1 heterocycles. The first-order valence-electron chi connectivity index (χ1n) is 31.9. The molecular weight excluding hydrogens is 1400 g/mol. The SMILES string of the molecule is CC(NC(=O)C(CC(=O)O)NC(=O)C(CCCN)NC(=O)CNC(=O)C(NC(=O)C(CC(=O)O)NC(=O)C(CC(N)=O)NC(=O)C(N)Cc1c[nH]c2ccccc12)C(C)O)C(=O)NC(CC(=O)NCC(=O)NC(CO)C(=O)NC(C(=O)NC(CC(=O)c1ccccc1N)C(=O)O)C(C)CC(=O)O)C(=O)O. The van der Waals surface area contributed by atoms with Crippen molar-refractivity contribution in [3.8, 4) is 0 Å². The molecule has 43 nitrogen and oxygen atoms in total. The topological polar surface area (TPSA) is 730 Å². The summed E-state index contributed by atoms with van der Waals surface area (Å²) in [6, 6.07) is -8.04. The van der Waals surface area contributed by atoms with Gasteiger partial charge in [-0.3, -0.25) is 81.5 Å². The zero-order valence-corrected chi connectivity index (χ0v) is 56.6. The summed E-state index contributed by atoms with van der Waals surface area (Å²) >= 11 is 0. The maximum absolute atomic E-state index is 13.7. The molecule has 0 bridgehead atoms. The normalized spacial score (nSPS) is 14.7. The minimum atomic E-state index is -2.13. The van der Waals surface area contributed by atoms with Gasteiger partial charge in [-0.15, -0.1) is 0 Å². The standard InChI is InChI=1S/C62H85N17O26/c1-26(15-47(87)88)50(60(101)77-39(61(102)103)17-42(82)31-10-4-6-11-32(31)64)78-58(99)41(25-80)72-45(85)23-68-44(84)19-40(62(104)105)76-52(93)27(2)70-55(96)37(20-48(89)90)74-54(95)35(13-8-14-63)71-46(86)24-69-59(100)51(28(3)81)79-57(98)38(21-49(91)92)75-56(97)36(18-43(66)83)73-53(94)33(65)16-29-22-67-34-12-7-5-9-30(29)34/h4-7,9-12,22,26-28,33,35-41,50-51,67,80-81H,8,13-21,23-25,63-65H2,1-3H3,(H2,66,83)(H,68,84)(H,69,100)(H,70,96)(H,71,86)(H,72,85)(H,73,94)(H,74,95)(H,75,97)(H,76,93)(H,77,101)(H,78,99)(H,79,98)(H,87,88)(H,89,90)(H,91,92)(H,102,103)(H,104,105). The third-order valence-electron chi connectivity index (χ3n) is 15.3. The molecule has 0 aliphatic carbocycles. The summed E-state index contributed by atoms with van der Waals surface area (Å²) in [5.74, 6) is -27.0. The fourth-order valence-corrected chi connectivity index (χ4v) is 9.78. The van der Waals surface area contributed by atoms with Crippen LogP contribution in [0.15, 0.2) is 54.7 Å². The van der Waals surface area contributed by atoms with Gasteiger partial charge < -0.3 is 127 Å². The second-order valence-electron chi connectivity index (χ2n) is 23.8. The number of hydrogen-bond acceptors (Lipinski definition) is 24. The van der Waals surface area contributed by atoms with Gasteiger partial charge in [0.2, 0.25) is 76.8 Å². The molecule has 13 amide bonds. The van der Waals surface area contributed by atoms with Crippen molar-refractivity contribution in [2.24, 2.45) is 23.1 Å². The summed E-state index contributed by atoms with van der Waals surface area (Å²) in [4.78, 5) is 248. The van der Waals surface area contributed by atoms with Gasteiger partial charge in [0.15, 0.2) is 5.78 Å². The number of carboxylic acid groups (broad SMARTS) is 5. The molecule has 28 N–H and O–H groups in total. The van der Waals surface area contributed by atoms with Crippen LogP contribution in [0.2, 0.25) is 0 Å². The quantitative estimate of drug-likeness (QED) is 0.0184. The second-order valence-corrected chi connectivity index (χ2v) is 23.8. The number of ketones is 1. The zero-order valence-electron chi connectivity index (χ0n) is 56.6. The molecule has 0 aliphatic rings. The number of H-pyrrole nitrogens is 1. The Bertz CT molecular complexity index is 3740. The summed E-state index contributed by atoms with van der Waals surface area (Å²) in [6.45, 7) is -0.318. The number of nitrogens with one attached hydrogen (secondary N) is 13. The number of aliphatic hydroxyl groups excluding tert-OH is 2. The summed E-state index contributed by atoms with van der Waals surface area (Å²) in [5.41, 5.74) is 24.1. The molecule has 0 spiro atoms. The Morgan fingerprint density at radius 1 is 0.476 bits per heavy atom. The number of aromatic amines is 1. The van der Waals surface area contributed by atoms with E-state index in [-0.39, 0.29) is 37.1 Å². The number of nitrogens with two attached hydrogens (primary N) is 4. The van der Waals surface area contributed by atoms with E-state index >= 15 is 0 Å². The van der Waals surface area contributed by atoms with Crippen LogP contribution in [0.4, 0.5) is 5.69 Å². The van der Waals surface area contributed by atoms with Crippen LogP contribution in [0.5, 0.6) is 0 Å². The molecule has 3 aromatic rings. The van der Waals surface area contributed by atoms with Crippen molar-refractivity contribution in [3.05, 3.63) is 65.9 Å². The number of para-hydroxylation sites is 2. The van der Waals surface area contributed by atoms with E-state index < -0.39 is 249 Å². The molecular formula is C62H85N17O26. The molecule has 0 aliphatic heterocycles. The highest BCUT2D eigenvalue weighted by atomic mass is 16.4. The molecule has 574 valence electrons. The summed E-state index contributed by atoms with van der Waals surface area (Å²) < 4.78 is 0. The fraction of sp³-hybridized carbons (Fsp3) is 0.468. The molecule has 0 fully saturated rings. The Balaban J connectivity index is 1.62. The van der Waals surface area contributed by atoms with Crippen molar-refractivity contribution in [2.45, 2.75) is 151 Å². The van der Waals surface area contributed by atoms with E-state index in [9.17, 15) is 127 Å². The minimum absolute atomic E-state index is 0.00886. The highest BCUT2D eigenvalue weighted by molar-refractivity contribution is 6.04. The lowest BCUT2D eigenvalue weighted by Crippen LogP contribution is -2.60. The van der Waals surface area contributed by atoms with Crippen molar-refractivity contribution in [2.75, 3.05) is 32.0 Å². The molecule has 43 heteroatoms. The van der Waals surface area contributed by atoms with Crippen LogP contribution in [0.3, 0.4) is 0 Å². The smallest absolute Gasteiger partial charge is 0.326 e. The van der Waals surface area contributed by atoms with Crippen LogP contribution < -0.4 is 86.7 Å². The molecule has 13 unspecified atom stereocenters. The van der Waals surface area contributed by atoms with E-state index in [1.165, 1.54) is 31.2 Å². The fourth-order valence-electron chi connectivity index (χ4n) is 9.78. The average molecular weight is 1480 g/mol. The van der Waals surface area contributed by atoms with Gasteiger partial charge in [0, 0.05) is 34.8 Å². The van der Waals surface area contributed by atoms with E-state index in [4.69, 9.17) is 22.9 Å². The molecule has 1 aromatic heterocycles. The zero-order chi connectivity index (χ0) is 79.1. The van der Waals surface area contributed by atoms with Crippen molar-refractivity contribution >= 4 is 129 Å². The molecule has 0 saturated carbocycles. The predicted molar refractivity (Wildman–Crippen MR) is 357 cm³/mol. The van der Waals surface area contributed by atoms with E-state index in [0.29, 0.717) is 5.56 Å². The van der Waals surface area contributed by atoms with Gasteiger partial charge in [0.05, 0.1) is 63.9 Å². The largest absolute Gasteiger partial charge is 0.481 e. The van der Waals surface area contributed by atoms with Crippen molar-refractivity contribution in [1.29, 1.82) is 0 Å². The van der Waals surface area contributed by atoms with Crippen molar-refractivity contribution in [3.63, 3.8) is 0 Å². The third-order valence-corrected chi connectivity index (χ3v) is 15.3. The minimum Gasteiger partial charge on any atom is -0.481 e. The van der Waals surface area contributed by atoms with Crippen LogP contribution in [0.25, 0.3) is 10.9 Å². The van der Waals surface area contributed by atoms with Crippen LogP contribution in [0, 0.1) is 5.92 Å². The van der Waals surface area contributed by atoms with Crippen LogP contribution in [0.1, 0.15) is 88.1 Å². The van der Waals surface area contributed by atoms with Gasteiger partial charge >= 0.3 is 29.8 Å². The molecule has 0 radical (unpaired) electrons. The number of rotatable bonds is 46. The van der Waals surface area contributed by atoms with Gasteiger partial charge in [0.1, 0.15) is 60.4 Å². The molecule has 0 saturated heterocycles. The number of Topliss-reactive ketones (excluding diaryl/α,β-unsaturated/α-hetero) is 1. The first-order valence-corrected chi connectivity index (χ1v) is 31.9. The Hall–Kier alpha value is -12.2. The average Bonchev–Trinajstić information content (AvgIpc) is 1.64. The van der Waals surface area contributed by atoms with Crippen LogP contribution >= 0.6 is 0 Å². The van der Waals surface area contributed by atoms with Crippen LogP contribution in [-0.4, -0.2) is 252 Å². The number of carbonyl (C=O) groups is 19. The maximum Gasteiger partial charge on any atom is 0.326 e. The lowest BCUT2D eigenvalue weighted by Gasteiger charge is -2.27. The number of amides is 13. The number of benzene rings is 2. The number of anilines is 1. The van der Waals surface area contributed by atoms with Crippen molar-refractivity contribution < 1.29 is 127 Å². The lowest BCUT2D eigenvalue weighted by molar-refractivity contribution is -0.144. The number of aliphatic hydroxyl groups is 2. The molecule has 13 atom stereocenters. The molecule has 105 heavy (non-hydrogen) atoms. The number of aromatic nitrogens is 1. The maximum atomic E-state index is 13.7. The summed E-state index contributed by atoms with van der Waals surface area (Å²) in [5, 5.41) is 94.6. The number of nitrogen functional groups attached to an aromatic ring is 1. The van der Waals surface area contributed by atoms with E-state index in [1.807, 2.05) is 21.3 Å². The highest BCUT2D eigenvalue weighted by Crippen LogP contribution is 2.20. The summed E-state index contributed by atoms with van der Waals surface area (Å²) in [7, 11) is 0. The monoisotopic (exact) mass is 1480 g/mol. The van der Waals surface area contributed by atoms with E-state index in [0.717, 1.165) is 24.8 Å². The summed E-state index contributed by atoms with van der Waals surface area (Å²) in [6.07, 6.45) is -6.67. The highest BCUT2D eigenvalue weighted by Gasteiger charge is 2.38. The first kappa shape index (κ1) is 87.0. The van der Waals surface area contributed by atoms with Crippen LogP contribution in [-0.2, 0) is 92.7 Å². The van der Waals surface area contributed by atoms with Gasteiger partial charge in [-0.2, -0.15) is 0 Å². The second kappa shape index (κ2) is 42.2. The van der Waals surface area contributed by atoms with Gasteiger partial charge in [-0.05, 0) is 69.3 Å². The van der Waals surface area contributed by atoms with E-state index in [1.54, 1.807) is 30.5 Å². The van der Waals surface area contributed by atoms with Crippen molar-refractivity contribution in [1.82, 2.24) is 68.8 Å². The van der Waals surface area contributed by atoms with Gasteiger partial charge in [-0.1, -0.05) is 37.3 Å². The molecule has 3 rings (SSSR count). The van der Waals surface area contributed by atoms with Gasteiger partial charge in [-0.25, -0.2) is 9.59 Å². The third kappa shape index (κ3) is 29.3. The molecule has 2 aromatic carbocycles. The number of carboxylic acids is 5. The lowest BCUT2D eigenvalue weighted by atomic mass is 9.96. The number of fused-ring (bicyclic) bond motifs is 1. The first-order chi connectivity index (χ1) is 49.3. The van der Waals surface area contributed by atoms with E-state index in [2.05, 4.69) is 47.5 Å². The number of primary amides is 1.